The molecule has 0 aliphatic heterocycles. The van der Waals surface area contributed by atoms with Gasteiger partial charge in [-0.05, 0) is 23.6 Å². The molecule has 0 N–H and O–H groups in total. The number of aryl methyl sites for hydroxylation is 1. The molecule has 0 spiro atoms. The van der Waals surface area contributed by atoms with Gasteiger partial charge in [0.05, 0.1) is 0 Å². The fourth-order valence-electron chi connectivity index (χ4n) is 1.99. The van der Waals surface area contributed by atoms with Gasteiger partial charge in [-0.25, -0.2) is 0 Å². The molecule has 0 amide bonds. The lowest BCUT2D eigenvalue weighted by molar-refractivity contribution is 1.47. The normalized spacial score (nSPS) is 10.5. The predicted octanol–water partition coefficient (Wildman–Crippen LogP) is -2.37. The lowest BCUT2D eigenvalue weighted by Crippen LogP contribution is -2.55. The van der Waals surface area contributed by atoms with Gasteiger partial charge in [0, 0.05) is 0 Å². The van der Waals surface area contributed by atoms with Gasteiger partial charge in [-0.1, -0.05) is 35.2 Å². The number of benzene rings is 2. The van der Waals surface area contributed by atoms with Crippen LogP contribution < -0.4 is 27.3 Å². The second-order valence-corrected chi connectivity index (χ2v) is 4.26. The summed E-state index contributed by atoms with van der Waals surface area (Å²) in [5.74, 6) is 0. The smallest absolute Gasteiger partial charge is 0.112 e. The molecule has 0 aliphatic carbocycles. The molecule has 0 heterocycles. The van der Waals surface area contributed by atoms with E-state index < -0.39 is 0 Å². The molecular formula is C13H7B5. The highest BCUT2D eigenvalue weighted by molar-refractivity contribution is 6.68. The lowest BCUT2D eigenvalue weighted by atomic mass is 9.59. The maximum atomic E-state index is 6.01. The van der Waals surface area contributed by atoms with Crippen molar-refractivity contribution in [1.29, 1.82) is 0 Å². The molecule has 0 unspecified atom stereocenters. The average Bonchev–Trinajstić information content (AvgIpc) is 2.36. The highest BCUT2D eigenvalue weighted by Crippen LogP contribution is 2.18. The van der Waals surface area contributed by atoms with Crippen LogP contribution in [0.1, 0.15) is 5.56 Å². The summed E-state index contributed by atoms with van der Waals surface area (Å²) < 4.78 is 0. The number of hydrogen-bond donors (Lipinski definition) is 0. The highest BCUT2D eigenvalue weighted by Gasteiger charge is 2.12. The van der Waals surface area contributed by atoms with Gasteiger partial charge in [-0.3, -0.25) is 0 Å². The van der Waals surface area contributed by atoms with Crippen LogP contribution in [0.3, 0.4) is 0 Å². The van der Waals surface area contributed by atoms with E-state index in [4.69, 9.17) is 39.2 Å². The van der Waals surface area contributed by atoms with Crippen molar-refractivity contribution in [2.75, 3.05) is 0 Å². The maximum Gasteiger partial charge on any atom is 0.113 e. The molecule has 18 heavy (non-hydrogen) atoms. The van der Waals surface area contributed by atoms with Crippen LogP contribution in [0.4, 0.5) is 0 Å². The molecule has 0 nitrogen and oxygen atoms in total. The summed E-state index contributed by atoms with van der Waals surface area (Å²) in [5, 5.41) is 0. The van der Waals surface area contributed by atoms with E-state index in [0.717, 1.165) is 11.1 Å². The standard InChI is InChI=1S/C13H7B5/c1-6-4-2-3-5-7(6)8-9(14)11(16)13(18)12(17)10(8)15/h2-5H,1H3. The first-order valence-electron chi connectivity index (χ1n) is 5.52. The highest BCUT2D eigenvalue weighted by atomic mass is 14.1. The van der Waals surface area contributed by atoms with Crippen molar-refractivity contribution in [1.82, 2.24) is 0 Å². The van der Waals surface area contributed by atoms with E-state index >= 15 is 0 Å². The Morgan fingerprint density at radius 1 is 0.667 bits per heavy atom. The maximum absolute atomic E-state index is 6.01. The summed E-state index contributed by atoms with van der Waals surface area (Å²) in [6.45, 7) is 1.97. The Morgan fingerprint density at radius 2 is 1.11 bits per heavy atom. The van der Waals surface area contributed by atoms with Crippen molar-refractivity contribution in [3.63, 3.8) is 0 Å². The van der Waals surface area contributed by atoms with E-state index in [9.17, 15) is 0 Å². The van der Waals surface area contributed by atoms with Crippen LogP contribution in [-0.4, -0.2) is 39.2 Å². The Morgan fingerprint density at radius 3 is 1.61 bits per heavy atom. The Hall–Kier alpha value is -1.24. The Labute approximate surface area is 115 Å². The zero-order valence-electron chi connectivity index (χ0n) is 10.2. The topological polar surface area (TPSA) is 0 Å². The monoisotopic (exact) mass is 218 g/mol. The quantitative estimate of drug-likeness (QED) is 0.469. The molecule has 0 fully saturated rings. The third kappa shape index (κ3) is 1.96. The van der Waals surface area contributed by atoms with Crippen molar-refractivity contribution >= 4 is 66.5 Å². The van der Waals surface area contributed by atoms with Gasteiger partial charge >= 0.3 is 0 Å². The first kappa shape index (κ1) is 13.2. The van der Waals surface area contributed by atoms with Crippen molar-refractivity contribution < 1.29 is 0 Å². The number of rotatable bonds is 1. The van der Waals surface area contributed by atoms with Gasteiger partial charge in [0.15, 0.2) is 0 Å². The molecule has 10 radical (unpaired) electrons. The minimum absolute atomic E-state index is 0.238. The summed E-state index contributed by atoms with van der Waals surface area (Å²) in [7, 11) is 29.5. The van der Waals surface area contributed by atoms with Gasteiger partial charge in [0.2, 0.25) is 0 Å². The van der Waals surface area contributed by atoms with E-state index in [0.29, 0.717) is 16.5 Å². The van der Waals surface area contributed by atoms with Crippen LogP contribution >= 0.6 is 0 Å². The average molecular weight is 217 g/mol. The summed E-state index contributed by atoms with van der Waals surface area (Å²) in [4.78, 5) is 0. The van der Waals surface area contributed by atoms with E-state index in [2.05, 4.69) is 0 Å². The fourth-order valence-corrected chi connectivity index (χ4v) is 1.99. The molecule has 0 aliphatic rings. The van der Waals surface area contributed by atoms with Crippen molar-refractivity contribution in [3.05, 3.63) is 29.8 Å². The van der Waals surface area contributed by atoms with E-state index in [1.54, 1.807) is 0 Å². The van der Waals surface area contributed by atoms with Crippen molar-refractivity contribution in [2.45, 2.75) is 6.92 Å². The Kier molecular flexibility index (Phi) is 3.52. The molecule has 5 heteroatoms. The van der Waals surface area contributed by atoms with Gasteiger partial charge in [0.1, 0.15) is 39.2 Å². The van der Waals surface area contributed by atoms with Crippen LogP contribution in [0, 0.1) is 6.92 Å². The second-order valence-electron chi connectivity index (χ2n) is 4.26. The summed E-state index contributed by atoms with van der Waals surface area (Å²) in [6.07, 6.45) is 0. The third-order valence-corrected chi connectivity index (χ3v) is 3.11. The van der Waals surface area contributed by atoms with Crippen molar-refractivity contribution in [2.24, 2.45) is 0 Å². The summed E-state index contributed by atoms with van der Waals surface area (Å²) in [5.41, 5.74) is 4.13. The third-order valence-electron chi connectivity index (χ3n) is 3.11. The summed E-state index contributed by atoms with van der Waals surface area (Å²) in [6, 6.07) is 7.74. The van der Waals surface area contributed by atoms with E-state index in [1.807, 2.05) is 31.2 Å². The van der Waals surface area contributed by atoms with Gasteiger partial charge in [-0.2, -0.15) is 0 Å². The molecule has 2 aromatic rings. The van der Waals surface area contributed by atoms with Crippen LogP contribution in [-0.2, 0) is 0 Å². The Bertz CT molecular complexity index is 590. The number of hydrogen-bond acceptors (Lipinski definition) is 0. The van der Waals surface area contributed by atoms with E-state index in [-0.39, 0.29) is 16.4 Å². The molecule has 0 bridgehead atoms. The molecule has 0 saturated heterocycles. The minimum atomic E-state index is 0.238. The SMILES string of the molecule is [B]c1c([B])c([B])c(-c2ccccc2C)c([B])c1[B]. The van der Waals surface area contributed by atoms with Gasteiger partial charge in [0.25, 0.3) is 0 Å². The summed E-state index contributed by atoms with van der Waals surface area (Å²) >= 11 is 0. The predicted molar refractivity (Wildman–Crippen MR) is 83.6 cm³/mol. The minimum Gasteiger partial charge on any atom is -0.112 e. The molecule has 74 valence electrons. The van der Waals surface area contributed by atoms with Crippen LogP contribution in [0.2, 0.25) is 0 Å². The van der Waals surface area contributed by atoms with Crippen LogP contribution in [0.5, 0.6) is 0 Å². The van der Waals surface area contributed by atoms with Crippen LogP contribution in [0.15, 0.2) is 24.3 Å². The van der Waals surface area contributed by atoms with Gasteiger partial charge < -0.3 is 0 Å². The molecule has 0 atom stereocenters. The van der Waals surface area contributed by atoms with E-state index in [1.165, 1.54) is 0 Å². The zero-order chi connectivity index (χ0) is 13.4. The van der Waals surface area contributed by atoms with Crippen molar-refractivity contribution in [3.8, 4) is 11.1 Å². The van der Waals surface area contributed by atoms with Gasteiger partial charge in [-0.15, -0.1) is 16.4 Å². The second kappa shape index (κ2) is 4.80. The molecular weight excluding hydrogens is 210 g/mol. The molecule has 0 saturated carbocycles. The molecule has 2 aromatic carbocycles. The largest absolute Gasteiger partial charge is 0.113 e. The Balaban J connectivity index is 2.85. The first-order chi connectivity index (χ1) is 8.45. The molecule has 2 rings (SSSR count). The zero-order valence-corrected chi connectivity index (χ0v) is 10.2. The molecule has 0 aromatic heterocycles. The van der Waals surface area contributed by atoms with Crippen LogP contribution in [0.25, 0.3) is 11.1 Å². The fraction of sp³-hybridized carbons (Fsp3) is 0.0769. The first-order valence-corrected chi connectivity index (χ1v) is 5.52. The lowest BCUT2D eigenvalue weighted by Gasteiger charge is -2.22.